The molecule has 3 aromatic carbocycles. The third-order valence-electron chi connectivity index (χ3n) is 6.06. The van der Waals surface area contributed by atoms with Crippen LogP contribution in [0.1, 0.15) is 36.0 Å². The Morgan fingerprint density at radius 1 is 0.929 bits per heavy atom. The van der Waals surface area contributed by atoms with E-state index in [-0.39, 0.29) is 17.4 Å². The molecule has 0 aliphatic carbocycles. The van der Waals surface area contributed by atoms with Crippen LogP contribution in [-0.2, 0) is 10.3 Å². The predicted octanol–water partition coefficient (Wildman–Crippen LogP) is 5.91. The Morgan fingerprint density at radius 3 is 2.36 bits per heavy atom. The lowest BCUT2D eigenvalue weighted by molar-refractivity contribution is -0.131. The van der Waals surface area contributed by atoms with Gasteiger partial charge in [0, 0.05) is 10.1 Å². The number of para-hydroxylation sites is 1. The molecule has 0 radical (unpaired) electrons. The lowest BCUT2D eigenvalue weighted by Gasteiger charge is -2.58. The highest BCUT2D eigenvalue weighted by atomic mass is 32.2. The van der Waals surface area contributed by atoms with Crippen LogP contribution in [-0.4, -0.2) is 11.2 Å². The van der Waals surface area contributed by atoms with Gasteiger partial charge >= 0.3 is 0 Å². The normalized spacial score (nSPS) is 26.1. The summed E-state index contributed by atoms with van der Waals surface area (Å²) < 4.78 is 0. The third kappa shape index (κ3) is 2.46. The highest BCUT2D eigenvalue weighted by Gasteiger charge is 2.63. The molecule has 0 unspecified atom stereocenters. The molecule has 0 saturated carbocycles. The maximum absolute atomic E-state index is 13.6. The number of benzene rings is 3. The van der Waals surface area contributed by atoms with Crippen molar-refractivity contribution >= 4 is 23.4 Å². The molecular formula is C25H23NOS. The number of β-lactam (4-membered cyclic amide) rings is 1. The monoisotopic (exact) mass is 385 g/mol. The number of amides is 1. The van der Waals surface area contributed by atoms with E-state index in [9.17, 15) is 4.79 Å². The minimum Gasteiger partial charge on any atom is -0.299 e. The first kappa shape index (κ1) is 17.6. The lowest BCUT2D eigenvalue weighted by Crippen LogP contribution is -2.68. The van der Waals surface area contributed by atoms with Gasteiger partial charge in [0.05, 0.1) is 17.1 Å². The minimum atomic E-state index is -0.342. The number of fused-ring (bicyclic) bond motifs is 3. The molecular weight excluding hydrogens is 362 g/mol. The third-order valence-corrected chi connectivity index (χ3v) is 7.23. The van der Waals surface area contributed by atoms with Gasteiger partial charge in [-0.15, -0.1) is 11.8 Å². The summed E-state index contributed by atoms with van der Waals surface area (Å²) in [5.41, 5.74) is 4.29. The Hall–Kier alpha value is -2.52. The van der Waals surface area contributed by atoms with E-state index in [1.54, 1.807) is 0 Å². The van der Waals surface area contributed by atoms with Crippen LogP contribution in [0.3, 0.4) is 0 Å². The number of rotatable bonds is 2. The molecule has 2 aliphatic rings. The van der Waals surface area contributed by atoms with Crippen LogP contribution in [0.4, 0.5) is 5.69 Å². The summed E-state index contributed by atoms with van der Waals surface area (Å²) in [6, 6.07) is 27.4. The molecule has 2 heterocycles. The van der Waals surface area contributed by atoms with Gasteiger partial charge in [0.1, 0.15) is 0 Å². The number of aryl methyl sites for hydroxylation is 1. The smallest absolute Gasteiger partial charge is 0.238 e. The number of thioether (sulfide) groups is 1. The van der Waals surface area contributed by atoms with Crippen LogP contribution < -0.4 is 4.90 Å². The topological polar surface area (TPSA) is 20.3 Å². The summed E-state index contributed by atoms with van der Waals surface area (Å²) in [7, 11) is 0. The molecule has 0 N–H and O–H groups in total. The summed E-state index contributed by atoms with van der Waals surface area (Å²) in [6.45, 7) is 4.40. The summed E-state index contributed by atoms with van der Waals surface area (Å²) in [6.07, 6.45) is 0.931. The van der Waals surface area contributed by atoms with Crippen LogP contribution in [0.25, 0.3) is 0 Å². The highest BCUT2D eigenvalue weighted by molar-refractivity contribution is 8.00. The van der Waals surface area contributed by atoms with Crippen molar-refractivity contribution in [1.82, 2.24) is 0 Å². The molecule has 1 fully saturated rings. The average molecular weight is 386 g/mol. The number of nitrogens with zero attached hydrogens (tertiary/aromatic N) is 1. The lowest BCUT2D eigenvalue weighted by atomic mass is 9.63. The van der Waals surface area contributed by atoms with E-state index in [0.717, 1.165) is 17.7 Å². The van der Waals surface area contributed by atoms with Crippen molar-refractivity contribution in [2.45, 2.75) is 41.9 Å². The van der Waals surface area contributed by atoms with Gasteiger partial charge < -0.3 is 0 Å². The molecule has 1 saturated heterocycles. The zero-order valence-electron chi connectivity index (χ0n) is 16.1. The summed E-state index contributed by atoms with van der Waals surface area (Å²) >= 11 is 1.88. The summed E-state index contributed by atoms with van der Waals surface area (Å²) in [4.78, 5) is 16.9. The van der Waals surface area contributed by atoms with Crippen molar-refractivity contribution in [2.75, 3.05) is 4.90 Å². The largest absolute Gasteiger partial charge is 0.299 e. The minimum absolute atomic E-state index is 0.148. The molecule has 140 valence electrons. The SMILES string of the molecule is Cc1ccc([C@@]23C[C@@H](C)Sc4ccccc4N2C(=O)[C@@H]3c2ccccc2)cc1. The van der Waals surface area contributed by atoms with E-state index >= 15 is 0 Å². The summed E-state index contributed by atoms with van der Waals surface area (Å²) in [5, 5.41) is 0.409. The molecule has 2 aliphatic heterocycles. The second kappa shape index (κ2) is 6.52. The fourth-order valence-corrected chi connectivity index (χ4v) is 6.10. The second-order valence-corrected chi connectivity index (χ2v) is 9.39. The van der Waals surface area contributed by atoms with Gasteiger partial charge in [0.2, 0.25) is 5.91 Å². The Labute approximate surface area is 170 Å². The molecule has 3 atom stereocenters. The van der Waals surface area contributed by atoms with Gasteiger partial charge in [0.25, 0.3) is 0 Å². The number of carbonyl (C=O) groups is 1. The van der Waals surface area contributed by atoms with E-state index < -0.39 is 0 Å². The molecule has 2 nitrogen and oxygen atoms in total. The second-order valence-electron chi connectivity index (χ2n) is 7.91. The van der Waals surface area contributed by atoms with Crippen molar-refractivity contribution in [1.29, 1.82) is 0 Å². The molecule has 0 aromatic heterocycles. The van der Waals surface area contributed by atoms with E-state index in [1.165, 1.54) is 16.0 Å². The van der Waals surface area contributed by atoms with Crippen molar-refractivity contribution in [3.8, 4) is 0 Å². The predicted molar refractivity (Wildman–Crippen MR) is 116 cm³/mol. The number of carbonyl (C=O) groups excluding carboxylic acids is 1. The maximum atomic E-state index is 13.6. The fraction of sp³-hybridized carbons (Fsp3) is 0.240. The first-order chi connectivity index (χ1) is 13.6. The van der Waals surface area contributed by atoms with Gasteiger partial charge in [-0.05, 0) is 36.6 Å². The molecule has 1 amide bonds. The van der Waals surface area contributed by atoms with Crippen LogP contribution in [0, 0.1) is 6.92 Å². The van der Waals surface area contributed by atoms with E-state index in [1.807, 2.05) is 36.0 Å². The fourth-order valence-electron chi connectivity index (χ4n) is 4.89. The highest BCUT2D eigenvalue weighted by Crippen LogP contribution is 2.60. The van der Waals surface area contributed by atoms with Crippen molar-refractivity contribution in [3.63, 3.8) is 0 Å². The Morgan fingerprint density at radius 2 is 1.61 bits per heavy atom. The van der Waals surface area contributed by atoms with Gasteiger partial charge in [-0.2, -0.15) is 0 Å². The molecule has 0 bridgehead atoms. The standard InChI is InChI=1S/C25H23NOS/c1-17-12-14-20(15-13-17)25-16-18(2)28-22-11-7-6-10-21(22)26(25)24(27)23(25)19-8-4-3-5-9-19/h3-15,18,23H,16H2,1-2H3/t18-,23+,25-/m1/s1. The molecule has 3 heteroatoms. The van der Waals surface area contributed by atoms with Gasteiger partial charge in [-0.3, -0.25) is 9.69 Å². The van der Waals surface area contributed by atoms with E-state index in [2.05, 4.69) is 73.3 Å². The Balaban J connectivity index is 1.76. The Kier molecular flexibility index (Phi) is 4.09. The zero-order valence-corrected chi connectivity index (χ0v) is 16.9. The van der Waals surface area contributed by atoms with Crippen molar-refractivity contribution in [3.05, 3.63) is 95.6 Å². The van der Waals surface area contributed by atoms with Crippen LogP contribution in [0.15, 0.2) is 83.8 Å². The van der Waals surface area contributed by atoms with Crippen LogP contribution in [0.2, 0.25) is 0 Å². The van der Waals surface area contributed by atoms with Gasteiger partial charge in [-0.1, -0.05) is 79.2 Å². The zero-order chi connectivity index (χ0) is 19.3. The number of anilines is 1. The number of hydrogen-bond acceptors (Lipinski definition) is 2. The maximum Gasteiger partial charge on any atom is 0.238 e. The van der Waals surface area contributed by atoms with Gasteiger partial charge in [-0.25, -0.2) is 0 Å². The van der Waals surface area contributed by atoms with Crippen molar-refractivity contribution < 1.29 is 4.79 Å². The number of hydrogen-bond donors (Lipinski definition) is 0. The van der Waals surface area contributed by atoms with E-state index in [4.69, 9.17) is 0 Å². The quantitative estimate of drug-likeness (QED) is 0.512. The van der Waals surface area contributed by atoms with E-state index in [0.29, 0.717) is 5.25 Å². The first-order valence-corrected chi connectivity index (χ1v) is 10.7. The molecule has 28 heavy (non-hydrogen) atoms. The first-order valence-electron chi connectivity index (χ1n) is 9.83. The summed E-state index contributed by atoms with van der Waals surface area (Å²) in [5.74, 6) is 0.0551. The van der Waals surface area contributed by atoms with Crippen LogP contribution in [0.5, 0.6) is 0 Å². The molecule has 5 rings (SSSR count). The Bertz CT molecular complexity index is 1030. The van der Waals surface area contributed by atoms with Gasteiger partial charge in [0.15, 0.2) is 0 Å². The molecule has 0 spiro atoms. The van der Waals surface area contributed by atoms with Crippen molar-refractivity contribution in [2.24, 2.45) is 0 Å². The molecule has 3 aromatic rings. The average Bonchev–Trinajstić information content (AvgIpc) is 2.81. The van der Waals surface area contributed by atoms with Crippen LogP contribution >= 0.6 is 11.8 Å².